The summed E-state index contributed by atoms with van der Waals surface area (Å²) in [6, 6.07) is 0.721. The van der Waals surface area contributed by atoms with Gasteiger partial charge in [0, 0.05) is 0 Å². The zero-order valence-electron chi connectivity index (χ0n) is 6.55. The summed E-state index contributed by atoms with van der Waals surface area (Å²) in [5, 5.41) is 8.57. The highest BCUT2D eigenvalue weighted by Crippen LogP contribution is 2.19. The Morgan fingerprint density at radius 1 is 1.57 bits per heavy atom. The smallest absolute Gasteiger partial charge is 0.337 e. The van der Waals surface area contributed by atoms with E-state index in [0.717, 1.165) is 6.07 Å². The quantitative estimate of drug-likeness (QED) is 0.858. The molecule has 1 aromatic rings. The van der Waals surface area contributed by atoms with Crippen molar-refractivity contribution in [2.75, 3.05) is 0 Å². The molecule has 0 radical (unpaired) electrons. The number of carbonyl (C=O) groups is 1. The normalized spacial score (nSPS) is 10.6. The maximum absolute atomic E-state index is 12.1. The number of H-pyrrole nitrogens is 1. The van der Waals surface area contributed by atoms with Gasteiger partial charge in [0.25, 0.3) is 12.0 Å². The third kappa shape index (κ3) is 1.98. The zero-order valence-corrected chi connectivity index (χ0v) is 8.14. The number of aromatic nitrogens is 1. The summed E-state index contributed by atoms with van der Waals surface area (Å²) in [6.07, 6.45) is -2.91. The number of alkyl halides is 2. The Morgan fingerprint density at radius 2 is 2.14 bits per heavy atom. The first kappa shape index (κ1) is 10.8. The molecule has 0 aliphatic carbocycles. The first-order valence-electron chi connectivity index (χ1n) is 3.37. The van der Waals surface area contributed by atoms with Crippen LogP contribution in [0, 0.1) is 0 Å². The Kier molecular flexibility index (Phi) is 3.00. The molecular weight excluding hydrogens is 264 g/mol. The Bertz CT molecular complexity index is 429. The molecule has 0 spiro atoms. The van der Waals surface area contributed by atoms with Gasteiger partial charge < -0.3 is 10.1 Å². The topological polar surface area (TPSA) is 70.2 Å². The molecule has 0 aliphatic heterocycles. The lowest BCUT2D eigenvalue weighted by molar-refractivity contribution is 0.0695. The van der Waals surface area contributed by atoms with Crippen LogP contribution in [0.25, 0.3) is 0 Å². The number of aromatic carboxylic acids is 1. The maximum atomic E-state index is 12.1. The van der Waals surface area contributed by atoms with E-state index in [9.17, 15) is 18.4 Å². The molecule has 1 heterocycles. The van der Waals surface area contributed by atoms with Crippen molar-refractivity contribution in [3.8, 4) is 0 Å². The van der Waals surface area contributed by atoms with E-state index in [-0.39, 0.29) is 4.47 Å². The minimum absolute atomic E-state index is 0.269. The molecule has 0 atom stereocenters. The SMILES string of the molecule is O=C(O)c1cc(C(F)F)[nH]c(=O)c1Br. The molecule has 0 fully saturated rings. The maximum Gasteiger partial charge on any atom is 0.337 e. The standard InChI is InChI=1S/C7H4BrF2NO3/c8-4-2(7(13)14)1-3(5(9)10)11-6(4)12/h1,5H,(H,11,12)(H,13,14). The lowest BCUT2D eigenvalue weighted by Crippen LogP contribution is -2.15. The molecule has 0 aromatic carbocycles. The van der Waals surface area contributed by atoms with Crippen LogP contribution in [0.3, 0.4) is 0 Å². The number of pyridine rings is 1. The van der Waals surface area contributed by atoms with Crippen molar-refractivity contribution in [2.24, 2.45) is 0 Å². The number of aromatic amines is 1. The lowest BCUT2D eigenvalue weighted by atomic mass is 10.2. The third-order valence-electron chi connectivity index (χ3n) is 1.46. The van der Waals surface area contributed by atoms with Crippen LogP contribution in [-0.2, 0) is 0 Å². The Balaban J connectivity index is 3.43. The summed E-state index contributed by atoms with van der Waals surface area (Å²) in [6.45, 7) is 0. The molecule has 14 heavy (non-hydrogen) atoms. The number of hydrogen-bond acceptors (Lipinski definition) is 2. The van der Waals surface area contributed by atoms with Gasteiger partial charge >= 0.3 is 5.97 Å². The van der Waals surface area contributed by atoms with Gasteiger partial charge in [0.05, 0.1) is 15.7 Å². The van der Waals surface area contributed by atoms with Crippen LogP contribution in [0.2, 0.25) is 0 Å². The molecule has 0 saturated carbocycles. The van der Waals surface area contributed by atoms with Crippen LogP contribution in [0.4, 0.5) is 8.78 Å². The summed E-state index contributed by atoms with van der Waals surface area (Å²) in [5.41, 5.74) is -2.08. The molecule has 0 saturated heterocycles. The lowest BCUT2D eigenvalue weighted by Gasteiger charge is -2.02. The summed E-state index contributed by atoms with van der Waals surface area (Å²) in [5.74, 6) is -1.44. The second kappa shape index (κ2) is 3.87. The van der Waals surface area contributed by atoms with Crippen molar-refractivity contribution in [3.05, 3.63) is 32.2 Å². The number of hydrogen-bond donors (Lipinski definition) is 2. The van der Waals surface area contributed by atoms with E-state index in [1.165, 1.54) is 0 Å². The molecule has 1 aromatic heterocycles. The van der Waals surface area contributed by atoms with Crippen LogP contribution >= 0.6 is 15.9 Å². The highest BCUT2D eigenvalue weighted by Gasteiger charge is 2.17. The minimum atomic E-state index is -2.91. The monoisotopic (exact) mass is 267 g/mol. The minimum Gasteiger partial charge on any atom is -0.478 e. The molecular formula is C7H4BrF2NO3. The summed E-state index contributed by atoms with van der Waals surface area (Å²) >= 11 is 2.69. The molecule has 7 heteroatoms. The predicted octanol–water partition coefficient (Wildman–Crippen LogP) is 1.77. The van der Waals surface area contributed by atoms with Crippen molar-refractivity contribution >= 4 is 21.9 Å². The van der Waals surface area contributed by atoms with Gasteiger partial charge in [-0.2, -0.15) is 0 Å². The van der Waals surface area contributed by atoms with Gasteiger partial charge in [-0.05, 0) is 22.0 Å². The van der Waals surface area contributed by atoms with Crippen molar-refractivity contribution in [1.82, 2.24) is 4.98 Å². The van der Waals surface area contributed by atoms with E-state index in [0.29, 0.717) is 0 Å². The van der Waals surface area contributed by atoms with Crippen LogP contribution in [0.5, 0.6) is 0 Å². The van der Waals surface area contributed by atoms with Gasteiger partial charge in [0.2, 0.25) is 0 Å². The van der Waals surface area contributed by atoms with E-state index >= 15 is 0 Å². The van der Waals surface area contributed by atoms with Crippen LogP contribution < -0.4 is 5.56 Å². The number of carboxylic acids is 1. The molecule has 0 bridgehead atoms. The van der Waals surface area contributed by atoms with Crippen LogP contribution in [-0.4, -0.2) is 16.1 Å². The third-order valence-corrected chi connectivity index (χ3v) is 2.25. The zero-order chi connectivity index (χ0) is 10.9. The van der Waals surface area contributed by atoms with Gasteiger partial charge in [-0.15, -0.1) is 0 Å². The molecule has 4 nitrogen and oxygen atoms in total. The Morgan fingerprint density at radius 3 is 2.57 bits per heavy atom. The second-order valence-electron chi connectivity index (χ2n) is 2.39. The van der Waals surface area contributed by atoms with Crippen molar-refractivity contribution in [1.29, 1.82) is 0 Å². The van der Waals surface area contributed by atoms with Gasteiger partial charge in [0.1, 0.15) is 0 Å². The van der Waals surface area contributed by atoms with E-state index < -0.39 is 29.2 Å². The van der Waals surface area contributed by atoms with Crippen molar-refractivity contribution < 1.29 is 18.7 Å². The number of halogens is 3. The average molecular weight is 268 g/mol. The predicted molar refractivity (Wildman–Crippen MR) is 46.7 cm³/mol. The first-order chi connectivity index (χ1) is 6.43. The largest absolute Gasteiger partial charge is 0.478 e. The summed E-state index contributed by atoms with van der Waals surface area (Å²) in [4.78, 5) is 23.3. The molecule has 0 unspecified atom stereocenters. The molecule has 0 aliphatic rings. The fourth-order valence-corrected chi connectivity index (χ4v) is 1.22. The highest BCUT2D eigenvalue weighted by molar-refractivity contribution is 9.10. The van der Waals surface area contributed by atoms with E-state index in [4.69, 9.17) is 5.11 Å². The van der Waals surface area contributed by atoms with E-state index in [2.05, 4.69) is 15.9 Å². The fraction of sp³-hybridized carbons (Fsp3) is 0.143. The number of carboxylic acid groups (broad SMARTS) is 1. The first-order valence-corrected chi connectivity index (χ1v) is 4.17. The van der Waals surface area contributed by atoms with Crippen molar-refractivity contribution in [3.63, 3.8) is 0 Å². The fourth-order valence-electron chi connectivity index (χ4n) is 0.836. The van der Waals surface area contributed by atoms with Gasteiger partial charge in [-0.1, -0.05) is 0 Å². The van der Waals surface area contributed by atoms with Crippen LogP contribution in [0.15, 0.2) is 15.3 Å². The summed E-state index contributed by atoms with van der Waals surface area (Å²) < 4.78 is 24.0. The summed E-state index contributed by atoms with van der Waals surface area (Å²) in [7, 11) is 0. The van der Waals surface area contributed by atoms with Gasteiger partial charge in [-0.3, -0.25) is 4.79 Å². The Labute approximate surface area is 84.7 Å². The number of nitrogens with one attached hydrogen (secondary N) is 1. The van der Waals surface area contributed by atoms with E-state index in [1.54, 1.807) is 0 Å². The molecule has 2 N–H and O–H groups in total. The second-order valence-corrected chi connectivity index (χ2v) is 3.18. The van der Waals surface area contributed by atoms with E-state index in [1.807, 2.05) is 4.98 Å². The highest BCUT2D eigenvalue weighted by atomic mass is 79.9. The average Bonchev–Trinajstić information content (AvgIpc) is 2.08. The van der Waals surface area contributed by atoms with Crippen molar-refractivity contribution in [2.45, 2.75) is 6.43 Å². The molecule has 0 amide bonds. The van der Waals surface area contributed by atoms with Gasteiger partial charge in [-0.25, -0.2) is 13.6 Å². The van der Waals surface area contributed by atoms with Gasteiger partial charge in [0.15, 0.2) is 0 Å². The Hall–Kier alpha value is -1.24. The van der Waals surface area contributed by atoms with Crippen LogP contribution in [0.1, 0.15) is 22.5 Å². The molecule has 1 rings (SSSR count). The number of rotatable bonds is 2. The molecule has 76 valence electrons.